The predicted octanol–water partition coefficient (Wildman–Crippen LogP) is 4.27. The van der Waals surface area contributed by atoms with Gasteiger partial charge in [0.2, 0.25) is 0 Å². The Labute approximate surface area is 62.0 Å². The Bertz CT molecular complexity index is 4.00. The number of hydrogen-bond donors (Lipinski definition) is 0. The highest BCUT2D eigenvalue weighted by atomic mass is 13.4. The molecule has 0 unspecified atom stereocenters. The van der Waals surface area contributed by atoms with Crippen molar-refractivity contribution < 1.29 is 0 Å². The van der Waals surface area contributed by atoms with Crippen LogP contribution in [0.4, 0.5) is 0 Å². The van der Waals surface area contributed by atoms with Crippen LogP contribution in [0.2, 0.25) is 0 Å². The van der Waals surface area contributed by atoms with Crippen molar-refractivity contribution in [1.29, 1.82) is 0 Å². The minimum absolute atomic E-state index is 1.25. The molecule has 0 aromatic carbocycles. The molecule has 9 heavy (non-hydrogen) atoms. The van der Waals surface area contributed by atoms with Crippen molar-refractivity contribution in [3.05, 3.63) is 13.2 Å². The van der Waals surface area contributed by atoms with Crippen LogP contribution in [-0.4, -0.2) is 0 Å². The highest BCUT2D eigenvalue weighted by molar-refractivity contribution is 4.22. The molecule has 60 valence electrons. The van der Waals surface area contributed by atoms with Gasteiger partial charge in [-0.05, 0) is 0 Å². The molecule has 0 N–H and O–H groups in total. The van der Waals surface area contributed by atoms with Gasteiger partial charge in [-0.2, -0.15) is 0 Å². The van der Waals surface area contributed by atoms with Crippen molar-refractivity contribution in [2.75, 3.05) is 0 Å². The van der Waals surface area contributed by atoms with Crippen LogP contribution in [0.25, 0.3) is 0 Å². The van der Waals surface area contributed by atoms with E-state index in [9.17, 15) is 0 Å². The summed E-state index contributed by atoms with van der Waals surface area (Å²) in [5.41, 5.74) is 0. The van der Waals surface area contributed by atoms with Gasteiger partial charge in [0.1, 0.15) is 0 Å². The first-order valence-electron chi connectivity index (χ1n) is 3.91. The summed E-state index contributed by atoms with van der Waals surface area (Å²) in [7, 11) is 0. The standard InChI is InChI=1S/C3H8.2C2H6.C2H4/c1-3-2;3*1-2/h3H2,1-2H3;2*1-2H3;1-2H2. The van der Waals surface area contributed by atoms with Gasteiger partial charge in [0.25, 0.3) is 0 Å². The maximum atomic E-state index is 3.00. The Morgan fingerprint density at radius 2 is 0.778 bits per heavy atom. The first kappa shape index (κ1) is 23.3. The first-order valence-corrected chi connectivity index (χ1v) is 3.91. The second kappa shape index (κ2) is 642. The summed E-state index contributed by atoms with van der Waals surface area (Å²) >= 11 is 0. The summed E-state index contributed by atoms with van der Waals surface area (Å²) in [5, 5.41) is 0. The van der Waals surface area contributed by atoms with Crippen LogP contribution in [0.1, 0.15) is 48.0 Å². The maximum absolute atomic E-state index is 3.00. The van der Waals surface area contributed by atoms with E-state index in [1.165, 1.54) is 6.42 Å². The van der Waals surface area contributed by atoms with E-state index in [2.05, 4.69) is 27.0 Å². The lowest BCUT2D eigenvalue weighted by atomic mass is 10.6. The van der Waals surface area contributed by atoms with Crippen LogP contribution in [-0.2, 0) is 0 Å². The third kappa shape index (κ3) is 3770. The minimum atomic E-state index is 1.25. The summed E-state index contributed by atoms with van der Waals surface area (Å²) in [6, 6.07) is 0. The molecule has 0 rings (SSSR count). The van der Waals surface area contributed by atoms with Gasteiger partial charge in [-0.1, -0.05) is 48.0 Å². The Hall–Kier alpha value is -0.260. The molecule has 0 amide bonds. The van der Waals surface area contributed by atoms with Crippen molar-refractivity contribution in [3.8, 4) is 0 Å². The van der Waals surface area contributed by atoms with Crippen LogP contribution in [0.5, 0.6) is 0 Å². The molecule has 0 fully saturated rings. The van der Waals surface area contributed by atoms with Crippen molar-refractivity contribution >= 4 is 0 Å². The highest BCUT2D eigenvalue weighted by Gasteiger charge is 1.35. The molecule has 0 aliphatic carbocycles. The van der Waals surface area contributed by atoms with E-state index in [0.29, 0.717) is 0 Å². The van der Waals surface area contributed by atoms with E-state index >= 15 is 0 Å². The van der Waals surface area contributed by atoms with E-state index < -0.39 is 0 Å². The molecule has 0 atom stereocenters. The lowest BCUT2D eigenvalue weighted by Crippen LogP contribution is -1.27. The van der Waals surface area contributed by atoms with E-state index in [1.54, 1.807) is 0 Å². The van der Waals surface area contributed by atoms with Gasteiger partial charge >= 0.3 is 0 Å². The first-order chi connectivity index (χ1) is 4.41. The molecule has 0 saturated carbocycles. The Morgan fingerprint density at radius 3 is 0.778 bits per heavy atom. The van der Waals surface area contributed by atoms with Crippen LogP contribution < -0.4 is 0 Å². The van der Waals surface area contributed by atoms with Crippen molar-refractivity contribution in [3.63, 3.8) is 0 Å². The summed E-state index contributed by atoms with van der Waals surface area (Å²) in [4.78, 5) is 0. The fraction of sp³-hybridized carbons (Fsp3) is 0.778. The van der Waals surface area contributed by atoms with Crippen molar-refractivity contribution in [1.82, 2.24) is 0 Å². The fourth-order valence-electron chi connectivity index (χ4n) is 0. The van der Waals surface area contributed by atoms with E-state index in [4.69, 9.17) is 0 Å². The van der Waals surface area contributed by atoms with Crippen LogP contribution in [0.3, 0.4) is 0 Å². The average Bonchev–Trinajstić information content (AvgIpc) is 2.01. The Balaban J connectivity index is -0.0000000190. The molecule has 0 heteroatoms. The molecule has 0 saturated heterocycles. The fourth-order valence-corrected chi connectivity index (χ4v) is 0. The van der Waals surface area contributed by atoms with Crippen LogP contribution in [0, 0.1) is 0 Å². The zero-order valence-electron chi connectivity index (χ0n) is 8.12. The topological polar surface area (TPSA) is 0 Å². The van der Waals surface area contributed by atoms with E-state index in [0.717, 1.165) is 0 Å². The monoisotopic (exact) mass is 132 g/mol. The quantitative estimate of drug-likeness (QED) is 0.432. The van der Waals surface area contributed by atoms with Crippen LogP contribution >= 0.6 is 0 Å². The normalized spacial score (nSPS) is 3.78. The van der Waals surface area contributed by atoms with Crippen LogP contribution in [0.15, 0.2) is 13.2 Å². The van der Waals surface area contributed by atoms with Gasteiger partial charge in [-0.15, -0.1) is 13.2 Å². The molecule has 0 heterocycles. The van der Waals surface area contributed by atoms with Crippen molar-refractivity contribution in [2.24, 2.45) is 0 Å². The third-order valence-corrected chi connectivity index (χ3v) is 0. The molecule has 0 nitrogen and oxygen atoms in total. The molecule has 0 aliphatic heterocycles. The zero-order valence-corrected chi connectivity index (χ0v) is 8.12. The lowest BCUT2D eigenvalue weighted by Gasteiger charge is -1.48. The van der Waals surface area contributed by atoms with Crippen molar-refractivity contribution in [2.45, 2.75) is 48.0 Å². The maximum Gasteiger partial charge on any atom is -0.0590 e. The molecule has 0 aromatic heterocycles. The highest BCUT2D eigenvalue weighted by Crippen LogP contribution is 1.56. The molecular weight excluding hydrogens is 108 g/mol. The molecule has 0 spiro atoms. The van der Waals surface area contributed by atoms with Gasteiger partial charge in [-0.25, -0.2) is 0 Å². The molecule has 0 radical (unpaired) electrons. The summed E-state index contributed by atoms with van der Waals surface area (Å²) in [5.74, 6) is 0. The lowest BCUT2D eigenvalue weighted by molar-refractivity contribution is 1.09. The average molecular weight is 132 g/mol. The van der Waals surface area contributed by atoms with Gasteiger partial charge in [-0.3, -0.25) is 0 Å². The van der Waals surface area contributed by atoms with Gasteiger partial charge in [0.15, 0.2) is 0 Å². The SMILES string of the molecule is C=C.CC.CC.CCC. The Kier molecular flexibility index (Phi) is 1660. The third-order valence-electron chi connectivity index (χ3n) is 0. The minimum Gasteiger partial charge on any atom is -0.106 e. The largest absolute Gasteiger partial charge is 0.106 e. The number of hydrogen-bond acceptors (Lipinski definition) is 0. The zero-order chi connectivity index (χ0) is 8.71. The molecule has 0 bridgehead atoms. The summed E-state index contributed by atoms with van der Waals surface area (Å²) < 4.78 is 0. The molecular formula is C9H24. The van der Waals surface area contributed by atoms with E-state index in [1.807, 2.05) is 27.7 Å². The second-order valence-electron chi connectivity index (χ2n) is 0.707. The van der Waals surface area contributed by atoms with E-state index in [-0.39, 0.29) is 0 Å². The Morgan fingerprint density at radius 1 is 0.778 bits per heavy atom. The summed E-state index contributed by atoms with van der Waals surface area (Å²) in [6.07, 6.45) is 1.25. The van der Waals surface area contributed by atoms with Gasteiger partial charge in [0.05, 0.1) is 0 Å². The smallest absolute Gasteiger partial charge is 0.0590 e. The van der Waals surface area contributed by atoms with Gasteiger partial charge in [0, 0.05) is 0 Å². The van der Waals surface area contributed by atoms with Gasteiger partial charge < -0.3 is 0 Å². The predicted molar refractivity (Wildman–Crippen MR) is 49.9 cm³/mol. The molecule has 0 aliphatic rings. The second-order valence-corrected chi connectivity index (χ2v) is 0.707. The summed E-state index contributed by atoms with van der Waals surface area (Å²) in [6.45, 7) is 18.2. The number of rotatable bonds is 0. The molecule has 0 aromatic rings.